The molecule has 3 N–H and O–H groups in total. The van der Waals surface area contributed by atoms with Gasteiger partial charge in [0.15, 0.2) is 0 Å². The maximum Gasteiger partial charge on any atom is 0.321 e. The summed E-state index contributed by atoms with van der Waals surface area (Å²) in [7, 11) is 1.61. The maximum absolute atomic E-state index is 12.6. The lowest BCUT2D eigenvalue weighted by Crippen LogP contribution is -2.50. The van der Waals surface area contributed by atoms with Gasteiger partial charge in [-0.3, -0.25) is 4.79 Å². The van der Waals surface area contributed by atoms with Crippen LogP contribution in [0.1, 0.15) is 27.2 Å². The van der Waals surface area contributed by atoms with Crippen molar-refractivity contribution in [1.29, 1.82) is 0 Å². The first-order valence-electron chi connectivity index (χ1n) is 12.7. The molecule has 10 heteroatoms. The second-order valence-electron chi connectivity index (χ2n) is 9.25. The third-order valence-electron chi connectivity index (χ3n) is 5.95. The minimum absolute atomic E-state index is 0.00526. The van der Waals surface area contributed by atoms with Gasteiger partial charge in [-0.1, -0.05) is 6.92 Å². The summed E-state index contributed by atoms with van der Waals surface area (Å²) in [6.07, 6.45) is 0.768. The normalized spacial score (nSPS) is 13.2. The molecule has 0 radical (unpaired) electrons. The average Bonchev–Trinajstić information content (AvgIpc) is 2.89. The monoisotopic (exact) mass is 510 g/mol. The van der Waals surface area contributed by atoms with E-state index < -0.39 is 0 Å². The SMILES string of the molecule is CCCN(CC(=O)Nc1ccc(N2CCN(C(=O)Nc3ccc(OC)cc3)CC2)cc1)C(=O)NC(C)C. The van der Waals surface area contributed by atoms with Crippen molar-refractivity contribution in [1.82, 2.24) is 15.1 Å². The Balaban J connectivity index is 1.47. The Hall–Kier alpha value is -3.95. The van der Waals surface area contributed by atoms with Crippen molar-refractivity contribution in [2.45, 2.75) is 33.2 Å². The number of benzene rings is 2. The second kappa shape index (κ2) is 13.4. The fourth-order valence-electron chi connectivity index (χ4n) is 4.03. The van der Waals surface area contributed by atoms with Crippen LogP contribution in [0.5, 0.6) is 5.75 Å². The molecule has 1 aliphatic rings. The van der Waals surface area contributed by atoms with Gasteiger partial charge in [0.05, 0.1) is 7.11 Å². The lowest BCUT2D eigenvalue weighted by molar-refractivity contribution is -0.116. The van der Waals surface area contributed by atoms with Crippen LogP contribution in [0.15, 0.2) is 48.5 Å². The van der Waals surface area contributed by atoms with E-state index in [1.807, 2.05) is 69.3 Å². The number of piperazine rings is 1. The summed E-state index contributed by atoms with van der Waals surface area (Å²) < 4.78 is 5.15. The Morgan fingerprint density at radius 1 is 0.919 bits per heavy atom. The number of nitrogens with one attached hydrogen (secondary N) is 3. The highest BCUT2D eigenvalue weighted by molar-refractivity contribution is 5.94. The van der Waals surface area contributed by atoms with Gasteiger partial charge in [-0.2, -0.15) is 0 Å². The number of rotatable bonds is 9. The van der Waals surface area contributed by atoms with Gasteiger partial charge in [0.1, 0.15) is 12.3 Å². The molecular weight excluding hydrogens is 472 g/mol. The number of amides is 5. The van der Waals surface area contributed by atoms with Crippen LogP contribution in [0.3, 0.4) is 0 Å². The Morgan fingerprint density at radius 2 is 1.51 bits per heavy atom. The molecule has 0 saturated carbocycles. The second-order valence-corrected chi connectivity index (χ2v) is 9.25. The summed E-state index contributed by atoms with van der Waals surface area (Å²) in [6.45, 7) is 8.88. The van der Waals surface area contributed by atoms with E-state index in [4.69, 9.17) is 4.74 Å². The predicted octanol–water partition coefficient (Wildman–Crippen LogP) is 3.82. The number of carbonyl (C=O) groups excluding carboxylic acids is 3. The van der Waals surface area contributed by atoms with Crippen molar-refractivity contribution in [2.24, 2.45) is 0 Å². The van der Waals surface area contributed by atoms with Crippen LogP contribution in [-0.4, -0.2) is 80.2 Å². The van der Waals surface area contributed by atoms with Crippen LogP contribution >= 0.6 is 0 Å². The van der Waals surface area contributed by atoms with Gasteiger partial charge in [0.25, 0.3) is 0 Å². The number of nitrogens with zero attached hydrogens (tertiary/aromatic N) is 3. The number of urea groups is 2. The van der Waals surface area contributed by atoms with Crippen LogP contribution in [-0.2, 0) is 4.79 Å². The Kier molecular flexibility index (Phi) is 10.00. The number of methoxy groups -OCH3 is 1. The lowest BCUT2D eigenvalue weighted by atomic mass is 10.2. The molecule has 1 fully saturated rings. The number of anilines is 3. The van der Waals surface area contributed by atoms with E-state index in [1.165, 1.54) is 4.90 Å². The van der Waals surface area contributed by atoms with E-state index in [0.29, 0.717) is 38.4 Å². The third-order valence-corrected chi connectivity index (χ3v) is 5.95. The van der Waals surface area contributed by atoms with Gasteiger partial charge < -0.3 is 35.4 Å². The molecule has 200 valence electrons. The van der Waals surface area contributed by atoms with Gasteiger partial charge >= 0.3 is 12.1 Å². The van der Waals surface area contributed by atoms with Gasteiger partial charge in [0.2, 0.25) is 5.91 Å². The van der Waals surface area contributed by atoms with E-state index in [9.17, 15) is 14.4 Å². The Bertz CT molecular complexity index is 1030. The molecule has 1 saturated heterocycles. The molecule has 3 rings (SSSR count). The number of carbonyl (C=O) groups is 3. The molecule has 2 aromatic carbocycles. The highest BCUT2D eigenvalue weighted by atomic mass is 16.5. The standard InChI is InChI=1S/C27H38N6O4/c1-5-14-33(26(35)28-20(2)3)19-25(34)29-21-6-10-23(11-7-21)31-15-17-32(18-16-31)27(36)30-22-8-12-24(37-4)13-9-22/h6-13,20H,5,14-19H2,1-4H3,(H,28,35)(H,29,34)(H,30,36). The van der Waals surface area contributed by atoms with Crippen molar-refractivity contribution in [3.05, 3.63) is 48.5 Å². The average molecular weight is 511 g/mol. The van der Waals surface area contributed by atoms with Gasteiger partial charge in [-0.15, -0.1) is 0 Å². The number of hydrogen-bond acceptors (Lipinski definition) is 5. The summed E-state index contributed by atoms with van der Waals surface area (Å²) in [5.41, 5.74) is 2.42. The molecule has 37 heavy (non-hydrogen) atoms. The van der Waals surface area contributed by atoms with Crippen LogP contribution < -0.4 is 25.6 Å². The largest absolute Gasteiger partial charge is 0.497 e. The zero-order valence-corrected chi connectivity index (χ0v) is 22.1. The molecular formula is C27H38N6O4. The molecule has 2 aromatic rings. The Morgan fingerprint density at radius 3 is 2.08 bits per heavy atom. The first kappa shape index (κ1) is 27.6. The maximum atomic E-state index is 12.6. The predicted molar refractivity (Wildman–Crippen MR) is 146 cm³/mol. The zero-order chi connectivity index (χ0) is 26.8. The van der Waals surface area contributed by atoms with Crippen LogP contribution in [0.25, 0.3) is 0 Å². The molecule has 0 spiro atoms. The summed E-state index contributed by atoms with van der Waals surface area (Å²) in [5, 5.41) is 8.63. The van der Waals surface area contributed by atoms with Crippen LogP contribution in [0.2, 0.25) is 0 Å². The molecule has 0 bridgehead atoms. The molecule has 1 aliphatic heterocycles. The molecule has 1 heterocycles. The Labute approximate surface area is 218 Å². The van der Waals surface area contributed by atoms with Crippen molar-refractivity contribution in [3.63, 3.8) is 0 Å². The molecule has 5 amide bonds. The van der Waals surface area contributed by atoms with E-state index in [-0.39, 0.29) is 30.6 Å². The molecule has 0 unspecified atom stereocenters. The molecule has 10 nitrogen and oxygen atoms in total. The summed E-state index contributed by atoms with van der Waals surface area (Å²) >= 11 is 0. The quantitative estimate of drug-likeness (QED) is 0.476. The lowest BCUT2D eigenvalue weighted by Gasteiger charge is -2.36. The van der Waals surface area contributed by atoms with Gasteiger partial charge in [-0.05, 0) is 68.8 Å². The van der Waals surface area contributed by atoms with Crippen molar-refractivity contribution in [3.8, 4) is 5.75 Å². The molecule has 0 aromatic heterocycles. The van der Waals surface area contributed by atoms with E-state index in [0.717, 1.165) is 23.5 Å². The number of hydrogen-bond donors (Lipinski definition) is 3. The topological polar surface area (TPSA) is 106 Å². The van der Waals surface area contributed by atoms with Crippen molar-refractivity contribution >= 4 is 35.0 Å². The first-order chi connectivity index (χ1) is 17.8. The zero-order valence-electron chi connectivity index (χ0n) is 22.1. The van der Waals surface area contributed by atoms with Gasteiger partial charge in [-0.25, -0.2) is 9.59 Å². The third kappa shape index (κ3) is 8.30. The minimum atomic E-state index is -0.239. The van der Waals surface area contributed by atoms with Crippen LogP contribution in [0.4, 0.5) is 26.7 Å². The summed E-state index contributed by atoms with van der Waals surface area (Å²) in [4.78, 5) is 43.0. The van der Waals surface area contributed by atoms with E-state index in [2.05, 4.69) is 20.9 Å². The summed E-state index contributed by atoms with van der Waals surface area (Å²) in [5.74, 6) is 0.501. The number of ether oxygens (including phenoxy) is 1. The molecule has 0 aliphatic carbocycles. The highest BCUT2D eigenvalue weighted by Gasteiger charge is 2.22. The summed E-state index contributed by atoms with van der Waals surface area (Å²) in [6, 6.07) is 14.5. The van der Waals surface area contributed by atoms with Crippen LogP contribution in [0, 0.1) is 0 Å². The minimum Gasteiger partial charge on any atom is -0.497 e. The highest BCUT2D eigenvalue weighted by Crippen LogP contribution is 2.21. The van der Waals surface area contributed by atoms with E-state index >= 15 is 0 Å². The van der Waals surface area contributed by atoms with E-state index in [1.54, 1.807) is 12.0 Å². The fourth-order valence-corrected chi connectivity index (χ4v) is 4.03. The first-order valence-corrected chi connectivity index (χ1v) is 12.7. The fraction of sp³-hybridized carbons (Fsp3) is 0.444. The smallest absolute Gasteiger partial charge is 0.321 e. The molecule has 0 atom stereocenters. The van der Waals surface area contributed by atoms with Gasteiger partial charge in [0, 0.05) is 55.8 Å². The van der Waals surface area contributed by atoms with Crippen molar-refractivity contribution in [2.75, 3.05) is 61.9 Å². The van der Waals surface area contributed by atoms with Crippen molar-refractivity contribution < 1.29 is 19.1 Å².